The molecule has 2 aromatic carbocycles. The van der Waals surface area contributed by atoms with Crippen molar-refractivity contribution in [1.29, 1.82) is 0 Å². The van der Waals surface area contributed by atoms with Crippen LogP contribution in [0.15, 0.2) is 42.5 Å². The number of nitrogens with one attached hydrogen (secondary N) is 2. The second-order valence-electron chi connectivity index (χ2n) is 5.68. The molecule has 2 aromatic heterocycles. The van der Waals surface area contributed by atoms with Crippen molar-refractivity contribution in [3.8, 4) is 0 Å². The highest BCUT2D eigenvalue weighted by Crippen LogP contribution is 2.22. The number of benzene rings is 2. The van der Waals surface area contributed by atoms with Crippen molar-refractivity contribution in [2.45, 2.75) is 6.92 Å². The van der Waals surface area contributed by atoms with Gasteiger partial charge in [0.1, 0.15) is 0 Å². The van der Waals surface area contributed by atoms with Gasteiger partial charge in [-0.25, -0.2) is 14.3 Å². The molecule has 4 aromatic rings. The van der Waals surface area contributed by atoms with E-state index in [0.717, 1.165) is 5.52 Å². The number of nitro benzene ring substituents is 1. The summed E-state index contributed by atoms with van der Waals surface area (Å²) in [4.78, 5) is 31.0. The number of non-ortho nitro benzene ring substituents is 1. The third-order valence-electron chi connectivity index (χ3n) is 3.90. The Hall–Kier alpha value is -3.95. The minimum absolute atomic E-state index is 0.0201. The molecular formula is C17H14N6O4. The van der Waals surface area contributed by atoms with Crippen LogP contribution in [0.3, 0.4) is 0 Å². The highest BCUT2D eigenvalue weighted by molar-refractivity contribution is 5.94. The molecule has 0 unspecified atom stereocenters. The number of aromatic amines is 1. The SMILES string of the molecule is CCOC(=O)c1ccc2c(c1)nc1nc(Nc3cccc([N+](=O)[O-])c3)[nH]n12. The van der Waals surface area contributed by atoms with E-state index in [1.165, 1.54) is 12.1 Å². The van der Waals surface area contributed by atoms with Crippen molar-refractivity contribution >= 4 is 40.1 Å². The second-order valence-corrected chi connectivity index (χ2v) is 5.68. The van der Waals surface area contributed by atoms with Crippen LogP contribution in [0.1, 0.15) is 17.3 Å². The van der Waals surface area contributed by atoms with Gasteiger partial charge in [0.25, 0.3) is 11.5 Å². The summed E-state index contributed by atoms with van der Waals surface area (Å²) in [7, 11) is 0. The quantitative estimate of drug-likeness (QED) is 0.316. The first-order chi connectivity index (χ1) is 13.0. The Morgan fingerprint density at radius 2 is 2.15 bits per heavy atom. The molecule has 10 nitrogen and oxygen atoms in total. The third-order valence-corrected chi connectivity index (χ3v) is 3.90. The first-order valence-corrected chi connectivity index (χ1v) is 8.12. The maximum atomic E-state index is 11.8. The largest absolute Gasteiger partial charge is 0.462 e. The number of nitrogens with zero attached hydrogens (tertiary/aromatic N) is 4. The average Bonchev–Trinajstić information content (AvgIpc) is 3.18. The highest BCUT2D eigenvalue weighted by atomic mass is 16.6. The van der Waals surface area contributed by atoms with Crippen molar-refractivity contribution < 1.29 is 14.5 Å². The molecular weight excluding hydrogens is 352 g/mol. The van der Waals surface area contributed by atoms with Crippen molar-refractivity contribution in [1.82, 2.24) is 19.6 Å². The van der Waals surface area contributed by atoms with Crippen molar-refractivity contribution in [2.75, 3.05) is 11.9 Å². The molecule has 0 aliphatic rings. The summed E-state index contributed by atoms with van der Waals surface area (Å²) in [6.45, 7) is 2.05. The molecule has 0 radical (unpaired) electrons. The van der Waals surface area contributed by atoms with Crippen LogP contribution in [-0.4, -0.2) is 37.1 Å². The first kappa shape index (κ1) is 16.5. The number of ether oxygens (including phenoxy) is 1. The standard InChI is InChI=1S/C17H14N6O4/c1-2-27-15(24)10-6-7-14-13(8-10)19-17-20-16(21-22(14)17)18-11-4-3-5-12(9-11)23(25)26/h3-9H,2H2,1H3,(H2,18,19,20,21). The number of imidazole rings is 1. The Kier molecular flexibility index (Phi) is 3.92. The van der Waals surface area contributed by atoms with Gasteiger partial charge >= 0.3 is 5.97 Å². The smallest absolute Gasteiger partial charge is 0.338 e. The van der Waals surface area contributed by atoms with E-state index in [2.05, 4.69) is 20.4 Å². The van der Waals surface area contributed by atoms with E-state index in [4.69, 9.17) is 4.74 Å². The Morgan fingerprint density at radius 1 is 1.30 bits per heavy atom. The number of H-pyrrole nitrogens is 1. The number of hydrogen-bond donors (Lipinski definition) is 2. The predicted octanol–water partition coefficient (Wildman–Crippen LogP) is 3.04. The van der Waals surface area contributed by atoms with Crippen LogP contribution < -0.4 is 5.32 Å². The molecule has 4 rings (SSSR count). The molecule has 0 saturated carbocycles. The summed E-state index contributed by atoms with van der Waals surface area (Å²) in [5, 5.41) is 16.9. The second kappa shape index (κ2) is 6.41. The van der Waals surface area contributed by atoms with Gasteiger partial charge in [0.15, 0.2) is 0 Å². The Balaban J connectivity index is 1.66. The maximum absolute atomic E-state index is 11.8. The number of aromatic nitrogens is 4. The van der Waals surface area contributed by atoms with Gasteiger partial charge in [-0.1, -0.05) is 6.07 Å². The zero-order valence-electron chi connectivity index (χ0n) is 14.2. The minimum Gasteiger partial charge on any atom is -0.462 e. The summed E-state index contributed by atoms with van der Waals surface area (Å²) in [5.41, 5.74) is 2.25. The minimum atomic E-state index is -0.464. The number of carbonyl (C=O) groups is 1. The number of nitro groups is 1. The van der Waals surface area contributed by atoms with Crippen LogP contribution in [0, 0.1) is 10.1 Å². The fraction of sp³-hybridized carbons (Fsp3) is 0.118. The number of fused-ring (bicyclic) bond motifs is 3. The van der Waals surface area contributed by atoms with Crippen molar-refractivity contribution in [3.63, 3.8) is 0 Å². The fourth-order valence-corrected chi connectivity index (χ4v) is 2.71. The molecule has 0 spiro atoms. The molecule has 0 amide bonds. The molecule has 10 heteroatoms. The zero-order chi connectivity index (χ0) is 19.0. The number of rotatable bonds is 5. The lowest BCUT2D eigenvalue weighted by molar-refractivity contribution is -0.384. The van der Waals surface area contributed by atoms with E-state index >= 15 is 0 Å². The molecule has 2 N–H and O–H groups in total. The Bertz CT molecular complexity index is 1180. The van der Waals surface area contributed by atoms with Crippen LogP contribution in [-0.2, 0) is 4.74 Å². The molecule has 2 heterocycles. The van der Waals surface area contributed by atoms with Crippen LogP contribution in [0.2, 0.25) is 0 Å². The zero-order valence-corrected chi connectivity index (χ0v) is 14.2. The van der Waals surface area contributed by atoms with Crippen LogP contribution >= 0.6 is 0 Å². The number of hydrogen-bond acceptors (Lipinski definition) is 7. The van der Waals surface area contributed by atoms with Crippen LogP contribution in [0.4, 0.5) is 17.3 Å². The molecule has 0 aliphatic heterocycles. The summed E-state index contributed by atoms with van der Waals surface area (Å²) in [6, 6.07) is 11.1. The van der Waals surface area contributed by atoms with Crippen LogP contribution in [0.25, 0.3) is 16.8 Å². The monoisotopic (exact) mass is 366 g/mol. The van der Waals surface area contributed by atoms with E-state index in [9.17, 15) is 14.9 Å². The summed E-state index contributed by atoms with van der Waals surface area (Å²) in [5.74, 6) is 0.380. The number of anilines is 2. The maximum Gasteiger partial charge on any atom is 0.338 e. The average molecular weight is 366 g/mol. The highest BCUT2D eigenvalue weighted by Gasteiger charge is 2.14. The van der Waals surface area contributed by atoms with E-state index in [1.54, 1.807) is 41.8 Å². The normalized spacial score (nSPS) is 11.0. The summed E-state index contributed by atoms with van der Waals surface area (Å²) in [6.07, 6.45) is 0. The van der Waals surface area contributed by atoms with E-state index in [-0.39, 0.29) is 5.69 Å². The van der Waals surface area contributed by atoms with Gasteiger partial charge in [0.2, 0.25) is 5.95 Å². The molecule has 0 fully saturated rings. The van der Waals surface area contributed by atoms with Gasteiger partial charge in [0, 0.05) is 17.8 Å². The van der Waals surface area contributed by atoms with Crippen molar-refractivity contribution in [3.05, 3.63) is 58.1 Å². The lowest BCUT2D eigenvalue weighted by atomic mass is 10.2. The Morgan fingerprint density at radius 3 is 2.93 bits per heavy atom. The van der Waals surface area contributed by atoms with E-state index in [1.807, 2.05) is 0 Å². The summed E-state index contributed by atoms with van der Waals surface area (Å²) < 4.78 is 6.65. The molecule has 0 aliphatic carbocycles. The molecule has 0 saturated heterocycles. The predicted molar refractivity (Wildman–Crippen MR) is 97.2 cm³/mol. The summed E-state index contributed by atoms with van der Waals surface area (Å²) >= 11 is 0. The van der Waals surface area contributed by atoms with Crippen molar-refractivity contribution in [2.24, 2.45) is 0 Å². The topological polar surface area (TPSA) is 127 Å². The lowest BCUT2D eigenvalue weighted by Gasteiger charge is -2.02. The molecule has 136 valence electrons. The number of carbonyl (C=O) groups excluding carboxylic acids is 1. The van der Waals surface area contributed by atoms with Gasteiger partial charge in [-0.05, 0) is 31.2 Å². The van der Waals surface area contributed by atoms with Gasteiger partial charge in [-0.15, -0.1) is 0 Å². The van der Waals surface area contributed by atoms with Gasteiger partial charge in [0.05, 0.1) is 28.1 Å². The fourth-order valence-electron chi connectivity index (χ4n) is 2.71. The van der Waals surface area contributed by atoms with Gasteiger partial charge < -0.3 is 10.1 Å². The molecule has 27 heavy (non-hydrogen) atoms. The lowest BCUT2D eigenvalue weighted by Crippen LogP contribution is -2.04. The van der Waals surface area contributed by atoms with Gasteiger partial charge in [-0.3, -0.25) is 15.2 Å². The molecule has 0 bridgehead atoms. The van der Waals surface area contributed by atoms with Gasteiger partial charge in [-0.2, -0.15) is 4.98 Å². The van der Waals surface area contributed by atoms with Crippen LogP contribution in [0.5, 0.6) is 0 Å². The Labute approximate surface area is 151 Å². The number of esters is 1. The van der Waals surface area contributed by atoms with E-state index in [0.29, 0.717) is 35.1 Å². The first-order valence-electron chi connectivity index (χ1n) is 8.12. The third kappa shape index (κ3) is 3.03. The van der Waals surface area contributed by atoms with E-state index < -0.39 is 10.9 Å². The molecule has 0 atom stereocenters.